The number of benzene rings is 2. The Labute approximate surface area is 156 Å². The first-order valence-corrected chi connectivity index (χ1v) is 10.4. The molecule has 0 aliphatic rings. The maximum absolute atomic E-state index is 12.8. The number of aromatic nitrogens is 2. The fourth-order valence-corrected chi connectivity index (χ4v) is 4.90. The summed E-state index contributed by atoms with van der Waals surface area (Å²) < 4.78 is 30.1. The van der Waals surface area contributed by atoms with E-state index in [1.54, 1.807) is 42.5 Å². The van der Waals surface area contributed by atoms with Crippen LogP contribution in [0.1, 0.15) is 11.1 Å². The lowest BCUT2D eigenvalue weighted by Crippen LogP contribution is -2.14. The van der Waals surface area contributed by atoms with E-state index in [1.807, 2.05) is 47.3 Å². The van der Waals surface area contributed by atoms with Gasteiger partial charge < -0.3 is 0 Å². The van der Waals surface area contributed by atoms with Gasteiger partial charge in [0.1, 0.15) is 0 Å². The zero-order valence-electron chi connectivity index (χ0n) is 14.3. The van der Waals surface area contributed by atoms with E-state index in [4.69, 9.17) is 0 Å². The summed E-state index contributed by atoms with van der Waals surface area (Å²) >= 11 is 1.56. The van der Waals surface area contributed by atoms with Gasteiger partial charge in [0, 0.05) is 29.0 Å². The highest BCUT2D eigenvalue weighted by Crippen LogP contribution is 2.26. The molecule has 7 heteroatoms. The second kappa shape index (κ2) is 6.26. The van der Waals surface area contributed by atoms with Crippen molar-refractivity contribution in [2.24, 2.45) is 0 Å². The Morgan fingerprint density at radius 1 is 1.12 bits per heavy atom. The Bertz CT molecular complexity index is 1180. The number of fused-ring (bicyclic) bond motifs is 1. The molecule has 0 amide bonds. The molecule has 0 saturated heterocycles. The van der Waals surface area contributed by atoms with Gasteiger partial charge in [-0.25, -0.2) is 13.4 Å². The smallest absolute Gasteiger partial charge is 0.262 e. The van der Waals surface area contributed by atoms with Crippen LogP contribution in [-0.2, 0) is 10.0 Å². The quantitative estimate of drug-likeness (QED) is 0.565. The number of aryl methyl sites for hydroxylation is 2. The molecular formula is C19H17N3O2S2. The molecule has 0 unspecified atom stereocenters. The summed E-state index contributed by atoms with van der Waals surface area (Å²) in [6.45, 7) is 3.74. The van der Waals surface area contributed by atoms with Crippen LogP contribution in [0.5, 0.6) is 0 Å². The van der Waals surface area contributed by atoms with Gasteiger partial charge in [0.2, 0.25) is 0 Å². The number of rotatable bonds is 4. The fourth-order valence-electron chi connectivity index (χ4n) is 2.92. The van der Waals surface area contributed by atoms with Gasteiger partial charge in [-0.2, -0.15) is 0 Å². The number of sulfonamides is 1. The largest absolute Gasteiger partial charge is 0.297 e. The summed E-state index contributed by atoms with van der Waals surface area (Å²) in [7, 11) is -3.65. The van der Waals surface area contributed by atoms with Crippen LogP contribution < -0.4 is 4.72 Å². The summed E-state index contributed by atoms with van der Waals surface area (Å²) in [6, 6.07) is 12.6. The maximum atomic E-state index is 12.8. The van der Waals surface area contributed by atoms with E-state index in [9.17, 15) is 8.42 Å². The van der Waals surface area contributed by atoms with E-state index in [-0.39, 0.29) is 4.90 Å². The lowest BCUT2D eigenvalue weighted by Gasteiger charge is -2.11. The molecular weight excluding hydrogens is 366 g/mol. The van der Waals surface area contributed by atoms with Gasteiger partial charge in [0.05, 0.1) is 10.6 Å². The van der Waals surface area contributed by atoms with Gasteiger partial charge in [0.25, 0.3) is 10.0 Å². The number of nitrogens with one attached hydrogen (secondary N) is 1. The highest BCUT2D eigenvalue weighted by Gasteiger charge is 2.17. The maximum Gasteiger partial charge on any atom is 0.262 e. The highest BCUT2D eigenvalue weighted by atomic mass is 32.2. The molecule has 1 N–H and O–H groups in total. The zero-order chi connectivity index (χ0) is 18.3. The van der Waals surface area contributed by atoms with E-state index in [2.05, 4.69) is 9.71 Å². The van der Waals surface area contributed by atoms with Crippen molar-refractivity contribution in [3.05, 3.63) is 71.4 Å². The van der Waals surface area contributed by atoms with Crippen molar-refractivity contribution in [1.82, 2.24) is 9.38 Å². The molecule has 2 aromatic carbocycles. The molecule has 0 bridgehead atoms. The van der Waals surface area contributed by atoms with Crippen LogP contribution in [-0.4, -0.2) is 17.8 Å². The molecule has 2 aromatic heterocycles. The number of hydrogen-bond donors (Lipinski definition) is 1. The monoisotopic (exact) mass is 383 g/mol. The van der Waals surface area contributed by atoms with Crippen LogP contribution in [0.15, 0.2) is 65.1 Å². The topological polar surface area (TPSA) is 63.5 Å². The molecule has 0 aliphatic heterocycles. The normalized spacial score (nSPS) is 11.8. The first kappa shape index (κ1) is 16.8. The van der Waals surface area contributed by atoms with Crippen LogP contribution in [0.25, 0.3) is 16.2 Å². The van der Waals surface area contributed by atoms with E-state index >= 15 is 0 Å². The minimum atomic E-state index is -3.65. The summed E-state index contributed by atoms with van der Waals surface area (Å²) in [5.41, 5.74) is 3.94. The Kier molecular flexibility index (Phi) is 4.05. The molecule has 0 spiro atoms. The predicted molar refractivity (Wildman–Crippen MR) is 105 cm³/mol. The number of nitrogens with zero attached hydrogens (tertiary/aromatic N) is 2. The molecule has 0 atom stereocenters. The Morgan fingerprint density at radius 3 is 2.73 bits per heavy atom. The van der Waals surface area contributed by atoms with Crippen molar-refractivity contribution in [3.8, 4) is 11.3 Å². The lowest BCUT2D eigenvalue weighted by atomic mass is 10.1. The molecule has 5 nitrogen and oxygen atoms in total. The Hall–Kier alpha value is -2.64. The van der Waals surface area contributed by atoms with E-state index < -0.39 is 10.0 Å². The average Bonchev–Trinajstić information content (AvgIpc) is 3.15. The van der Waals surface area contributed by atoms with Gasteiger partial charge in [-0.15, -0.1) is 11.3 Å². The molecule has 0 saturated carbocycles. The predicted octanol–water partition coefficient (Wildman–Crippen LogP) is 4.48. The third kappa shape index (κ3) is 3.11. The Balaban J connectivity index is 1.67. The average molecular weight is 383 g/mol. The first-order valence-electron chi connectivity index (χ1n) is 8.05. The Morgan fingerprint density at radius 2 is 1.96 bits per heavy atom. The van der Waals surface area contributed by atoms with Gasteiger partial charge in [-0.3, -0.25) is 9.12 Å². The van der Waals surface area contributed by atoms with Crippen molar-refractivity contribution >= 4 is 32.0 Å². The van der Waals surface area contributed by atoms with Crippen molar-refractivity contribution in [1.29, 1.82) is 0 Å². The van der Waals surface area contributed by atoms with Crippen LogP contribution >= 0.6 is 11.3 Å². The molecule has 0 aliphatic carbocycles. The van der Waals surface area contributed by atoms with Crippen LogP contribution in [0.3, 0.4) is 0 Å². The first-order chi connectivity index (χ1) is 12.4. The van der Waals surface area contributed by atoms with Crippen molar-refractivity contribution < 1.29 is 8.42 Å². The third-order valence-corrected chi connectivity index (χ3v) is 6.44. The SMILES string of the molecule is Cc1ccc(S(=O)(=O)Nc2cccc(-c3cn4ccsc4n3)c2)c(C)c1. The number of anilines is 1. The fraction of sp³-hybridized carbons (Fsp3) is 0.105. The molecule has 132 valence electrons. The summed E-state index contributed by atoms with van der Waals surface area (Å²) in [4.78, 5) is 5.76. The number of imidazole rings is 1. The molecule has 2 heterocycles. The third-order valence-electron chi connectivity index (χ3n) is 4.12. The standard InChI is InChI=1S/C19H17N3O2S2/c1-13-6-7-18(14(2)10-13)26(23,24)21-16-5-3-4-15(11-16)17-12-22-8-9-25-19(22)20-17/h3-12,21H,1-2H3. The van der Waals surface area contributed by atoms with Crippen molar-refractivity contribution in [2.45, 2.75) is 18.7 Å². The van der Waals surface area contributed by atoms with E-state index in [0.717, 1.165) is 27.3 Å². The van der Waals surface area contributed by atoms with Crippen LogP contribution in [0.4, 0.5) is 5.69 Å². The lowest BCUT2D eigenvalue weighted by molar-refractivity contribution is 0.600. The van der Waals surface area contributed by atoms with Gasteiger partial charge >= 0.3 is 0 Å². The van der Waals surface area contributed by atoms with Crippen molar-refractivity contribution in [2.75, 3.05) is 4.72 Å². The molecule has 4 rings (SSSR count). The van der Waals surface area contributed by atoms with Gasteiger partial charge in [-0.05, 0) is 37.6 Å². The van der Waals surface area contributed by atoms with Crippen LogP contribution in [0, 0.1) is 13.8 Å². The molecule has 0 fully saturated rings. The summed E-state index contributed by atoms with van der Waals surface area (Å²) in [5.74, 6) is 0. The van der Waals surface area contributed by atoms with Crippen molar-refractivity contribution in [3.63, 3.8) is 0 Å². The minimum absolute atomic E-state index is 0.288. The molecule has 4 aromatic rings. The second-order valence-corrected chi connectivity index (χ2v) is 8.70. The zero-order valence-corrected chi connectivity index (χ0v) is 15.9. The van der Waals surface area contributed by atoms with Crippen LogP contribution in [0.2, 0.25) is 0 Å². The highest BCUT2D eigenvalue weighted by molar-refractivity contribution is 7.92. The van der Waals surface area contributed by atoms with E-state index in [0.29, 0.717) is 5.69 Å². The second-order valence-electron chi connectivity index (χ2n) is 6.17. The van der Waals surface area contributed by atoms with Gasteiger partial charge in [0.15, 0.2) is 4.96 Å². The number of hydrogen-bond acceptors (Lipinski definition) is 4. The van der Waals surface area contributed by atoms with E-state index in [1.165, 1.54) is 0 Å². The van der Waals surface area contributed by atoms with Gasteiger partial charge in [-0.1, -0.05) is 29.8 Å². The molecule has 26 heavy (non-hydrogen) atoms. The summed E-state index contributed by atoms with van der Waals surface area (Å²) in [6.07, 6.45) is 3.88. The number of thiazole rings is 1. The summed E-state index contributed by atoms with van der Waals surface area (Å²) in [5, 5.41) is 1.97. The molecule has 0 radical (unpaired) electrons. The minimum Gasteiger partial charge on any atom is -0.297 e.